The van der Waals surface area contributed by atoms with E-state index in [1.807, 2.05) is 0 Å². The number of aliphatic hydroxyl groups is 2. The topological polar surface area (TPSA) is 120 Å². The second-order valence-corrected chi connectivity index (χ2v) is 4.70. The van der Waals surface area contributed by atoms with E-state index in [1.165, 1.54) is 10.9 Å². The van der Waals surface area contributed by atoms with Crippen LogP contribution in [0.25, 0.3) is 11.2 Å². The van der Waals surface area contributed by atoms with Gasteiger partial charge in [0.1, 0.15) is 24.2 Å². The Bertz CT molecular complexity index is 669. The van der Waals surface area contributed by atoms with Gasteiger partial charge in [0, 0.05) is 6.42 Å². The highest BCUT2D eigenvalue weighted by molar-refractivity contribution is 6.28. The maximum atomic E-state index is 9.71. The third-order valence-corrected chi connectivity index (χ3v) is 3.33. The first kappa shape index (κ1) is 12.5. The van der Waals surface area contributed by atoms with Crippen molar-refractivity contribution >= 4 is 22.8 Å². The second-order valence-electron chi connectivity index (χ2n) is 4.34. The Morgan fingerprint density at radius 3 is 3.11 bits per heavy atom. The minimum absolute atomic E-state index is 0.111. The molecule has 0 spiro atoms. The number of nitrogens with zero attached hydrogens (tertiary/aromatic N) is 3. The van der Waals surface area contributed by atoms with Crippen molar-refractivity contribution in [1.82, 2.24) is 19.5 Å². The molecule has 3 heterocycles. The SMILES string of the molecule is N=c1c2[nH]c(Cl)nc2ncn1C1C[C@H](O)[C@@H](CO)O1. The van der Waals surface area contributed by atoms with Crippen LogP contribution in [0.15, 0.2) is 6.33 Å². The first-order chi connectivity index (χ1) is 9.10. The molecule has 0 aromatic carbocycles. The fraction of sp³-hybridized carbons (Fsp3) is 0.500. The second kappa shape index (κ2) is 4.57. The number of ether oxygens (including phenoxy) is 1. The molecule has 3 atom stereocenters. The standard InChI is InChI=1S/C10H12ClN5O3/c11-10-14-7-8(12)16(3-13-9(7)15-10)6-1-4(18)5(2-17)19-6/h3-6,12,17-18H,1-2H2,(H,14,15)/t4-,5+,6?/m0/s1. The summed E-state index contributed by atoms with van der Waals surface area (Å²) in [4.78, 5) is 10.7. The lowest BCUT2D eigenvalue weighted by Gasteiger charge is -2.15. The maximum absolute atomic E-state index is 9.71. The summed E-state index contributed by atoms with van der Waals surface area (Å²) in [7, 11) is 0. The normalized spacial score (nSPS) is 27.2. The van der Waals surface area contributed by atoms with Gasteiger partial charge in [0.2, 0.25) is 5.28 Å². The maximum Gasteiger partial charge on any atom is 0.202 e. The molecule has 1 saturated heterocycles. The van der Waals surface area contributed by atoms with Gasteiger partial charge < -0.3 is 19.9 Å². The number of rotatable bonds is 2. The van der Waals surface area contributed by atoms with E-state index < -0.39 is 18.4 Å². The number of fused-ring (bicyclic) bond motifs is 1. The molecule has 0 amide bonds. The number of hydrogen-bond acceptors (Lipinski definition) is 6. The number of halogens is 1. The van der Waals surface area contributed by atoms with E-state index in [4.69, 9.17) is 26.9 Å². The lowest BCUT2D eigenvalue weighted by molar-refractivity contribution is -0.0460. The van der Waals surface area contributed by atoms with Gasteiger partial charge >= 0.3 is 0 Å². The predicted molar refractivity (Wildman–Crippen MR) is 64.4 cm³/mol. The molecular formula is C10H12ClN5O3. The van der Waals surface area contributed by atoms with Crippen LogP contribution in [0.2, 0.25) is 5.28 Å². The molecule has 8 nitrogen and oxygen atoms in total. The van der Waals surface area contributed by atoms with Crippen molar-refractivity contribution in [3.05, 3.63) is 17.1 Å². The van der Waals surface area contributed by atoms with Crippen LogP contribution in [0.3, 0.4) is 0 Å². The highest BCUT2D eigenvalue weighted by Crippen LogP contribution is 2.27. The highest BCUT2D eigenvalue weighted by Gasteiger charge is 2.34. The third-order valence-electron chi connectivity index (χ3n) is 3.15. The van der Waals surface area contributed by atoms with Crippen LogP contribution < -0.4 is 5.49 Å². The quantitative estimate of drug-likeness (QED) is 0.556. The van der Waals surface area contributed by atoms with Crippen molar-refractivity contribution in [2.45, 2.75) is 24.9 Å². The lowest BCUT2D eigenvalue weighted by atomic mass is 10.2. The van der Waals surface area contributed by atoms with Crippen molar-refractivity contribution < 1.29 is 14.9 Å². The van der Waals surface area contributed by atoms with E-state index in [2.05, 4.69) is 15.0 Å². The lowest BCUT2D eigenvalue weighted by Crippen LogP contribution is -2.26. The minimum atomic E-state index is -0.761. The van der Waals surface area contributed by atoms with Crippen LogP contribution in [0.1, 0.15) is 12.6 Å². The zero-order chi connectivity index (χ0) is 13.6. The molecule has 1 unspecified atom stereocenters. The molecule has 1 aliphatic rings. The Kier molecular flexibility index (Phi) is 3.02. The van der Waals surface area contributed by atoms with Gasteiger partial charge in [-0.2, -0.15) is 4.98 Å². The summed E-state index contributed by atoms with van der Waals surface area (Å²) in [5, 5.41) is 27.0. The summed E-state index contributed by atoms with van der Waals surface area (Å²) in [6.07, 6.45) is -0.241. The van der Waals surface area contributed by atoms with Gasteiger partial charge in [0.25, 0.3) is 0 Å². The van der Waals surface area contributed by atoms with Crippen LogP contribution in [0, 0.1) is 5.41 Å². The molecule has 1 fully saturated rings. The largest absolute Gasteiger partial charge is 0.394 e. The number of H-pyrrole nitrogens is 1. The fourth-order valence-corrected chi connectivity index (χ4v) is 2.34. The van der Waals surface area contributed by atoms with Crippen molar-refractivity contribution in [3.8, 4) is 0 Å². The van der Waals surface area contributed by atoms with Gasteiger partial charge in [0.05, 0.1) is 12.7 Å². The summed E-state index contributed by atoms with van der Waals surface area (Å²) < 4.78 is 6.95. The summed E-state index contributed by atoms with van der Waals surface area (Å²) in [5.74, 6) is 0. The van der Waals surface area contributed by atoms with Crippen LogP contribution in [0.4, 0.5) is 0 Å². The van der Waals surface area contributed by atoms with Crippen molar-refractivity contribution in [1.29, 1.82) is 5.41 Å². The molecule has 0 radical (unpaired) electrons. The van der Waals surface area contributed by atoms with Crippen molar-refractivity contribution in [2.75, 3.05) is 6.61 Å². The molecule has 0 saturated carbocycles. The van der Waals surface area contributed by atoms with Crippen LogP contribution in [-0.2, 0) is 4.74 Å². The average molecular weight is 286 g/mol. The van der Waals surface area contributed by atoms with E-state index >= 15 is 0 Å². The van der Waals surface area contributed by atoms with Crippen molar-refractivity contribution in [3.63, 3.8) is 0 Å². The Morgan fingerprint density at radius 1 is 1.63 bits per heavy atom. The number of aromatic nitrogens is 4. The number of nitrogens with one attached hydrogen (secondary N) is 2. The molecule has 4 N–H and O–H groups in total. The van der Waals surface area contributed by atoms with E-state index in [-0.39, 0.29) is 23.8 Å². The molecular weight excluding hydrogens is 274 g/mol. The molecule has 2 aromatic rings. The molecule has 0 bridgehead atoms. The Labute approximate surface area is 112 Å². The van der Waals surface area contributed by atoms with Crippen LogP contribution in [-0.4, -0.2) is 48.5 Å². The minimum Gasteiger partial charge on any atom is -0.394 e. The van der Waals surface area contributed by atoms with E-state index in [1.54, 1.807) is 0 Å². The molecule has 9 heteroatoms. The monoisotopic (exact) mass is 285 g/mol. The zero-order valence-electron chi connectivity index (χ0n) is 9.75. The summed E-state index contributed by atoms with van der Waals surface area (Å²) in [6.45, 7) is -0.267. The first-order valence-corrected chi connectivity index (χ1v) is 6.09. The molecule has 3 rings (SSSR count). The number of imidazole rings is 1. The summed E-state index contributed by atoms with van der Waals surface area (Å²) in [6, 6.07) is 0. The van der Waals surface area contributed by atoms with Gasteiger partial charge in [-0.25, -0.2) is 4.98 Å². The molecule has 102 valence electrons. The summed E-state index contributed by atoms with van der Waals surface area (Å²) >= 11 is 5.73. The van der Waals surface area contributed by atoms with E-state index in [0.717, 1.165) is 0 Å². The Morgan fingerprint density at radius 2 is 2.42 bits per heavy atom. The predicted octanol–water partition coefficient (Wildman–Crippen LogP) is -0.467. The van der Waals surface area contributed by atoms with E-state index in [0.29, 0.717) is 11.2 Å². The Hall–Kier alpha value is -1.48. The molecule has 2 aromatic heterocycles. The smallest absolute Gasteiger partial charge is 0.202 e. The van der Waals surface area contributed by atoms with E-state index in [9.17, 15) is 5.11 Å². The number of aliphatic hydroxyl groups excluding tert-OH is 2. The molecule has 0 aliphatic carbocycles. The zero-order valence-corrected chi connectivity index (χ0v) is 10.5. The molecule has 19 heavy (non-hydrogen) atoms. The molecule has 1 aliphatic heterocycles. The van der Waals surface area contributed by atoms with Gasteiger partial charge in [-0.1, -0.05) is 0 Å². The Balaban J connectivity index is 2.02. The van der Waals surface area contributed by atoms with Crippen LogP contribution >= 0.6 is 11.6 Å². The average Bonchev–Trinajstić information content (AvgIpc) is 2.92. The third kappa shape index (κ3) is 2.02. The van der Waals surface area contributed by atoms with Gasteiger partial charge in [-0.15, -0.1) is 0 Å². The van der Waals surface area contributed by atoms with Gasteiger partial charge in [-0.05, 0) is 11.6 Å². The number of hydrogen-bond donors (Lipinski definition) is 4. The van der Waals surface area contributed by atoms with Gasteiger partial charge in [0.15, 0.2) is 11.1 Å². The van der Waals surface area contributed by atoms with Crippen molar-refractivity contribution in [2.24, 2.45) is 0 Å². The first-order valence-electron chi connectivity index (χ1n) is 5.71. The van der Waals surface area contributed by atoms with Crippen LogP contribution in [0.5, 0.6) is 0 Å². The van der Waals surface area contributed by atoms with Gasteiger partial charge in [-0.3, -0.25) is 9.98 Å². The highest BCUT2D eigenvalue weighted by atomic mass is 35.5. The fourth-order valence-electron chi connectivity index (χ4n) is 2.17. The number of aromatic amines is 1. The summed E-state index contributed by atoms with van der Waals surface area (Å²) in [5.41, 5.74) is 0.863.